The summed E-state index contributed by atoms with van der Waals surface area (Å²) < 4.78 is 12.5. The van der Waals surface area contributed by atoms with Crippen molar-refractivity contribution in [3.63, 3.8) is 0 Å². The van der Waals surface area contributed by atoms with Gasteiger partial charge in [0.25, 0.3) is 0 Å². The number of ether oxygens (including phenoxy) is 2. The molecule has 0 bridgehead atoms. The maximum atomic E-state index is 11.9. The summed E-state index contributed by atoms with van der Waals surface area (Å²) in [5, 5.41) is 0. The Hall–Kier alpha value is -1.19. The van der Waals surface area contributed by atoms with Gasteiger partial charge in [0.05, 0.1) is 13.2 Å². The molecule has 21 heavy (non-hydrogen) atoms. The SMILES string of the molecule is CC12CC(=O)CC1(C)CC1(C2)OCc2ccccc2CO1. The molecule has 0 saturated heterocycles. The number of benzene rings is 1. The molecule has 1 aliphatic heterocycles. The second-order valence-electron chi connectivity index (χ2n) is 7.62. The standard InChI is InChI=1S/C18H22O3/c1-16-7-15(19)8-17(16,2)12-18(11-16)20-9-13-5-3-4-6-14(13)10-21-18/h3-6H,7-12H2,1-2H3. The van der Waals surface area contributed by atoms with Gasteiger partial charge in [-0.3, -0.25) is 4.79 Å². The van der Waals surface area contributed by atoms with E-state index in [0.717, 1.165) is 12.8 Å². The molecule has 2 aliphatic carbocycles. The number of carbonyl (C=O) groups is 1. The lowest BCUT2D eigenvalue weighted by atomic mass is 9.71. The highest BCUT2D eigenvalue weighted by molar-refractivity contribution is 5.83. The average molecular weight is 286 g/mol. The van der Waals surface area contributed by atoms with Crippen molar-refractivity contribution in [2.75, 3.05) is 0 Å². The van der Waals surface area contributed by atoms with Gasteiger partial charge in [0, 0.05) is 25.7 Å². The summed E-state index contributed by atoms with van der Waals surface area (Å²) in [6.07, 6.45) is 3.00. The van der Waals surface area contributed by atoms with Crippen molar-refractivity contribution in [3.05, 3.63) is 35.4 Å². The molecule has 4 rings (SSSR count). The fourth-order valence-corrected chi connectivity index (χ4v) is 4.67. The van der Waals surface area contributed by atoms with E-state index in [-0.39, 0.29) is 10.8 Å². The van der Waals surface area contributed by atoms with E-state index in [9.17, 15) is 4.79 Å². The second kappa shape index (κ2) is 4.17. The van der Waals surface area contributed by atoms with Crippen LogP contribution in [-0.4, -0.2) is 11.6 Å². The molecule has 0 radical (unpaired) electrons. The smallest absolute Gasteiger partial charge is 0.170 e. The number of hydrogen-bond donors (Lipinski definition) is 0. The molecular formula is C18H22O3. The molecule has 3 heteroatoms. The lowest BCUT2D eigenvalue weighted by Gasteiger charge is -2.32. The highest BCUT2D eigenvalue weighted by Gasteiger charge is 2.64. The molecule has 2 saturated carbocycles. The van der Waals surface area contributed by atoms with Crippen LogP contribution in [0, 0.1) is 10.8 Å². The highest BCUT2D eigenvalue weighted by atomic mass is 16.7. The second-order valence-corrected chi connectivity index (χ2v) is 7.62. The topological polar surface area (TPSA) is 35.5 Å². The Balaban J connectivity index is 1.63. The first-order valence-corrected chi connectivity index (χ1v) is 7.80. The van der Waals surface area contributed by atoms with Gasteiger partial charge in [-0.25, -0.2) is 0 Å². The van der Waals surface area contributed by atoms with E-state index in [2.05, 4.69) is 26.0 Å². The van der Waals surface area contributed by atoms with E-state index >= 15 is 0 Å². The summed E-state index contributed by atoms with van der Waals surface area (Å²) in [6, 6.07) is 8.32. The minimum Gasteiger partial charge on any atom is -0.345 e. The van der Waals surface area contributed by atoms with Gasteiger partial charge in [-0.1, -0.05) is 38.1 Å². The maximum absolute atomic E-state index is 11.9. The predicted octanol–water partition coefficient (Wildman–Crippen LogP) is 3.60. The fraction of sp³-hybridized carbons (Fsp3) is 0.611. The van der Waals surface area contributed by atoms with Crippen LogP contribution in [0.5, 0.6) is 0 Å². The van der Waals surface area contributed by atoms with Gasteiger partial charge in [-0.2, -0.15) is 0 Å². The Bertz CT molecular complexity index is 557. The van der Waals surface area contributed by atoms with Crippen molar-refractivity contribution >= 4 is 5.78 Å². The minimum absolute atomic E-state index is 0.0145. The van der Waals surface area contributed by atoms with Crippen molar-refractivity contribution in [2.24, 2.45) is 10.8 Å². The number of Topliss-reactive ketones (excluding diaryl/α,β-unsaturated/α-hetero) is 1. The number of fused-ring (bicyclic) bond motifs is 2. The first kappa shape index (κ1) is 13.5. The van der Waals surface area contributed by atoms with Crippen LogP contribution in [0.3, 0.4) is 0 Å². The maximum Gasteiger partial charge on any atom is 0.170 e. The van der Waals surface area contributed by atoms with Crippen LogP contribution in [0.15, 0.2) is 24.3 Å². The summed E-state index contributed by atoms with van der Waals surface area (Å²) >= 11 is 0. The van der Waals surface area contributed by atoms with E-state index in [1.165, 1.54) is 11.1 Å². The lowest BCUT2D eigenvalue weighted by molar-refractivity contribution is -0.245. The Kier molecular flexibility index (Phi) is 2.68. The Morgan fingerprint density at radius 2 is 1.38 bits per heavy atom. The zero-order chi connectivity index (χ0) is 14.7. The molecule has 0 N–H and O–H groups in total. The molecule has 1 heterocycles. The van der Waals surface area contributed by atoms with Crippen LogP contribution in [0.4, 0.5) is 0 Å². The molecule has 1 spiro atoms. The van der Waals surface area contributed by atoms with Crippen molar-refractivity contribution in [1.29, 1.82) is 0 Å². The summed E-state index contributed by atoms with van der Waals surface area (Å²) in [4.78, 5) is 11.9. The zero-order valence-corrected chi connectivity index (χ0v) is 12.8. The minimum atomic E-state index is -0.511. The van der Waals surface area contributed by atoms with Gasteiger partial charge in [0.2, 0.25) is 0 Å². The van der Waals surface area contributed by atoms with Crippen LogP contribution >= 0.6 is 0 Å². The van der Waals surface area contributed by atoms with Gasteiger partial charge in [0.15, 0.2) is 5.79 Å². The predicted molar refractivity (Wildman–Crippen MR) is 78.4 cm³/mol. The summed E-state index contributed by atoms with van der Waals surface area (Å²) in [6.45, 7) is 5.68. The molecule has 1 aromatic rings. The normalized spacial score (nSPS) is 37.3. The van der Waals surface area contributed by atoms with Gasteiger partial charge >= 0.3 is 0 Å². The van der Waals surface area contributed by atoms with Gasteiger partial charge < -0.3 is 9.47 Å². The van der Waals surface area contributed by atoms with E-state index in [4.69, 9.17) is 9.47 Å². The Morgan fingerprint density at radius 3 is 1.86 bits per heavy atom. The van der Waals surface area contributed by atoms with Gasteiger partial charge in [-0.05, 0) is 22.0 Å². The fourth-order valence-electron chi connectivity index (χ4n) is 4.67. The Morgan fingerprint density at radius 1 is 0.905 bits per heavy atom. The molecule has 3 nitrogen and oxygen atoms in total. The van der Waals surface area contributed by atoms with Crippen LogP contribution in [0.25, 0.3) is 0 Å². The van der Waals surface area contributed by atoms with Crippen LogP contribution in [0.2, 0.25) is 0 Å². The quantitative estimate of drug-likeness (QED) is 0.731. The third kappa shape index (κ3) is 1.91. The monoisotopic (exact) mass is 286 g/mol. The number of carbonyl (C=O) groups excluding carboxylic acids is 1. The summed E-state index contributed by atoms with van der Waals surface area (Å²) in [5.74, 6) is -0.116. The van der Waals surface area contributed by atoms with Crippen LogP contribution in [-0.2, 0) is 27.5 Å². The van der Waals surface area contributed by atoms with Crippen molar-refractivity contribution in [2.45, 2.75) is 58.5 Å². The highest BCUT2D eigenvalue weighted by Crippen LogP contribution is 2.65. The van der Waals surface area contributed by atoms with Crippen molar-refractivity contribution < 1.29 is 14.3 Å². The molecule has 2 unspecified atom stereocenters. The van der Waals surface area contributed by atoms with Gasteiger partial charge in [0.1, 0.15) is 5.78 Å². The zero-order valence-electron chi connectivity index (χ0n) is 12.8. The third-order valence-electron chi connectivity index (χ3n) is 6.05. The molecule has 112 valence electrons. The lowest BCUT2D eigenvalue weighted by Crippen LogP contribution is -2.33. The van der Waals surface area contributed by atoms with Crippen LogP contribution < -0.4 is 0 Å². The summed E-state index contributed by atoms with van der Waals surface area (Å²) in [7, 11) is 0. The van der Waals surface area contributed by atoms with Crippen molar-refractivity contribution in [1.82, 2.24) is 0 Å². The van der Waals surface area contributed by atoms with E-state index in [1.807, 2.05) is 12.1 Å². The third-order valence-corrected chi connectivity index (χ3v) is 6.05. The molecule has 3 aliphatic rings. The molecule has 2 atom stereocenters. The van der Waals surface area contributed by atoms with E-state index < -0.39 is 5.79 Å². The first-order valence-electron chi connectivity index (χ1n) is 7.80. The average Bonchev–Trinajstić information content (AvgIpc) is 2.66. The van der Waals surface area contributed by atoms with Crippen LogP contribution in [0.1, 0.15) is 50.7 Å². The molecule has 0 aromatic heterocycles. The Labute approximate surface area is 125 Å². The molecular weight excluding hydrogens is 264 g/mol. The first-order chi connectivity index (χ1) is 9.94. The largest absolute Gasteiger partial charge is 0.345 e. The molecule has 1 aromatic carbocycles. The number of ketones is 1. The molecule has 2 fully saturated rings. The summed E-state index contributed by atoms with van der Waals surface area (Å²) in [5.41, 5.74) is 2.47. The molecule has 0 amide bonds. The van der Waals surface area contributed by atoms with E-state index in [0.29, 0.717) is 31.8 Å². The van der Waals surface area contributed by atoms with Crippen molar-refractivity contribution in [3.8, 4) is 0 Å². The number of rotatable bonds is 0. The van der Waals surface area contributed by atoms with Gasteiger partial charge in [-0.15, -0.1) is 0 Å². The van der Waals surface area contributed by atoms with E-state index in [1.54, 1.807) is 0 Å². The number of hydrogen-bond acceptors (Lipinski definition) is 3.